The maximum Gasteiger partial charge on any atom is 0.387 e. The van der Waals surface area contributed by atoms with Crippen molar-refractivity contribution in [3.05, 3.63) is 59.7 Å². The normalized spacial score (nSPS) is 12.1. The maximum absolute atomic E-state index is 13.7. The summed E-state index contributed by atoms with van der Waals surface area (Å²) in [5, 5.41) is 5.00. The minimum atomic E-state index is -3.15. The van der Waals surface area contributed by atoms with Gasteiger partial charge >= 0.3 is 12.6 Å². The van der Waals surface area contributed by atoms with Crippen molar-refractivity contribution in [3.8, 4) is 5.75 Å². The zero-order valence-corrected chi connectivity index (χ0v) is 14.7. The van der Waals surface area contributed by atoms with Crippen LogP contribution in [0, 0.1) is 11.6 Å². The van der Waals surface area contributed by atoms with Crippen molar-refractivity contribution in [3.63, 3.8) is 0 Å². The van der Waals surface area contributed by atoms with E-state index in [0.717, 1.165) is 12.1 Å². The highest BCUT2D eigenvalue weighted by Crippen LogP contribution is 2.23. The molecule has 0 fully saturated rings. The summed E-state index contributed by atoms with van der Waals surface area (Å²) in [5.41, 5.74) is 0.749. The van der Waals surface area contributed by atoms with Crippen LogP contribution in [0.25, 0.3) is 0 Å². The Morgan fingerprint density at radius 1 is 1.15 bits per heavy atom. The number of rotatable bonds is 7. The van der Waals surface area contributed by atoms with E-state index >= 15 is 0 Å². The summed E-state index contributed by atoms with van der Waals surface area (Å²) >= 11 is 0. The van der Waals surface area contributed by atoms with Gasteiger partial charge in [-0.1, -0.05) is 12.1 Å². The van der Waals surface area contributed by atoms with E-state index in [0.29, 0.717) is 5.56 Å². The SMILES string of the molecule is CN(C)C(CNC(=O)Nc1ccc(OC(F)F)c(F)c1)c1cccc(F)c1. The topological polar surface area (TPSA) is 53.6 Å². The van der Waals surface area contributed by atoms with Crippen LogP contribution in [0.2, 0.25) is 0 Å². The molecule has 0 saturated carbocycles. The van der Waals surface area contributed by atoms with Gasteiger partial charge in [-0.2, -0.15) is 8.78 Å². The zero-order chi connectivity index (χ0) is 20.0. The summed E-state index contributed by atoms with van der Waals surface area (Å²) < 4.78 is 55.3. The Bertz CT molecular complexity index is 787. The standard InChI is InChI=1S/C18H19F4N3O2/c1-25(2)15(11-4-3-5-12(19)8-11)10-23-18(26)24-13-6-7-16(14(20)9-13)27-17(21)22/h3-9,15,17H,10H2,1-2H3,(H2,23,24,26). The summed E-state index contributed by atoms with van der Waals surface area (Å²) in [7, 11) is 3.57. The van der Waals surface area contributed by atoms with Crippen molar-refractivity contribution in [2.24, 2.45) is 0 Å². The molecule has 2 aromatic rings. The van der Waals surface area contributed by atoms with E-state index in [2.05, 4.69) is 15.4 Å². The first kappa shape index (κ1) is 20.5. The van der Waals surface area contributed by atoms with Crippen molar-refractivity contribution >= 4 is 11.7 Å². The van der Waals surface area contributed by atoms with Crippen molar-refractivity contribution < 1.29 is 27.1 Å². The molecule has 0 saturated heterocycles. The van der Waals surface area contributed by atoms with Crippen LogP contribution < -0.4 is 15.4 Å². The van der Waals surface area contributed by atoms with E-state index in [1.807, 2.05) is 4.90 Å². The number of hydrogen-bond acceptors (Lipinski definition) is 3. The van der Waals surface area contributed by atoms with Gasteiger partial charge in [-0.15, -0.1) is 0 Å². The highest BCUT2D eigenvalue weighted by molar-refractivity contribution is 5.89. The van der Waals surface area contributed by atoms with Crippen molar-refractivity contribution in [1.29, 1.82) is 0 Å². The van der Waals surface area contributed by atoms with Gasteiger partial charge in [0.1, 0.15) is 5.82 Å². The number of likely N-dealkylation sites (N-methyl/N-ethyl adjacent to an activating group) is 1. The van der Waals surface area contributed by atoms with Gasteiger partial charge in [-0.3, -0.25) is 0 Å². The van der Waals surface area contributed by atoms with Crippen LogP contribution in [0.1, 0.15) is 11.6 Å². The van der Waals surface area contributed by atoms with Gasteiger partial charge < -0.3 is 20.3 Å². The fourth-order valence-corrected chi connectivity index (χ4v) is 2.45. The summed E-state index contributed by atoms with van der Waals surface area (Å²) in [6.07, 6.45) is 0. The first-order chi connectivity index (χ1) is 12.8. The van der Waals surface area contributed by atoms with E-state index in [4.69, 9.17) is 0 Å². The summed E-state index contributed by atoms with van der Waals surface area (Å²) in [4.78, 5) is 13.8. The number of carbonyl (C=O) groups is 1. The number of alkyl halides is 2. The largest absolute Gasteiger partial charge is 0.432 e. The lowest BCUT2D eigenvalue weighted by molar-refractivity contribution is -0.0521. The van der Waals surface area contributed by atoms with E-state index in [9.17, 15) is 22.4 Å². The monoisotopic (exact) mass is 385 g/mol. The summed E-state index contributed by atoms with van der Waals surface area (Å²) in [6, 6.07) is 8.20. The molecule has 0 aliphatic carbocycles. The van der Waals surface area contributed by atoms with Gasteiger partial charge in [0.15, 0.2) is 11.6 Å². The predicted molar refractivity (Wildman–Crippen MR) is 92.9 cm³/mol. The average Bonchev–Trinajstić information content (AvgIpc) is 2.57. The third-order valence-electron chi connectivity index (χ3n) is 3.72. The van der Waals surface area contributed by atoms with Crippen molar-refractivity contribution in [1.82, 2.24) is 10.2 Å². The third-order valence-corrected chi connectivity index (χ3v) is 3.72. The van der Waals surface area contributed by atoms with E-state index in [1.54, 1.807) is 26.2 Å². The number of nitrogens with zero attached hydrogens (tertiary/aromatic N) is 1. The van der Waals surface area contributed by atoms with Crippen LogP contribution in [-0.2, 0) is 0 Å². The van der Waals surface area contributed by atoms with Gasteiger partial charge in [-0.25, -0.2) is 13.6 Å². The number of ether oxygens (including phenoxy) is 1. The minimum absolute atomic E-state index is 0.0683. The van der Waals surface area contributed by atoms with Gasteiger partial charge in [-0.05, 0) is 43.9 Å². The van der Waals surface area contributed by atoms with Crippen LogP contribution in [0.5, 0.6) is 5.75 Å². The first-order valence-corrected chi connectivity index (χ1v) is 7.97. The summed E-state index contributed by atoms with van der Waals surface area (Å²) in [5.74, 6) is -2.03. The molecule has 0 radical (unpaired) electrons. The number of halogens is 4. The lowest BCUT2D eigenvalue weighted by Gasteiger charge is -2.25. The Morgan fingerprint density at radius 3 is 2.48 bits per heavy atom. The lowest BCUT2D eigenvalue weighted by atomic mass is 10.1. The first-order valence-electron chi connectivity index (χ1n) is 7.97. The fraction of sp³-hybridized carbons (Fsp3) is 0.278. The number of amides is 2. The minimum Gasteiger partial charge on any atom is -0.432 e. The Kier molecular flexibility index (Phi) is 7.00. The number of hydrogen-bond donors (Lipinski definition) is 2. The molecule has 5 nitrogen and oxygen atoms in total. The Labute approximate surface area is 153 Å². The van der Waals surface area contributed by atoms with Crippen LogP contribution in [0.4, 0.5) is 28.0 Å². The molecule has 0 heterocycles. The molecule has 0 aliphatic rings. The second-order valence-electron chi connectivity index (χ2n) is 5.89. The molecule has 0 spiro atoms. The lowest BCUT2D eigenvalue weighted by Crippen LogP contribution is -2.36. The average molecular weight is 385 g/mol. The Balaban J connectivity index is 1.97. The highest BCUT2D eigenvalue weighted by Gasteiger charge is 2.16. The van der Waals surface area contributed by atoms with E-state index < -0.39 is 24.2 Å². The quantitative estimate of drug-likeness (QED) is 0.709. The maximum atomic E-state index is 13.7. The Hall–Kier alpha value is -2.81. The molecule has 2 N–H and O–H groups in total. The Morgan fingerprint density at radius 2 is 1.89 bits per heavy atom. The molecular weight excluding hydrogens is 366 g/mol. The molecule has 2 aromatic carbocycles. The van der Waals surface area contributed by atoms with Crippen molar-refractivity contribution in [2.75, 3.05) is 26.0 Å². The van der Waals surface area contributed by atoms with Gasteiger partial charge in [0.25, 0.3) is 0 Å². The predicted octanol–water partition coefficient (Wildman–Crippen LogP) is 3.99. The van der Waals surface area contributed by atoms with Crippen LogP contribution in [0.3, 0.4) is 0 Å². The molecule has 146 valence electrons. The van der Waals surface area contributed by atoms with E-state index in [-0.39, 0.29) is 24.1 Å². The molecule has 1 atom stereocenters. The van der Waals surface area contributed by atoms with Crippen LogP contribution >= 0.6 is 0 Å². The van der Waals surface area contributed by atoms with Crippen LogP contribution in [-0.4, -0.2) is 38.2 Å². The van der Waals surface area contributed by atoms with Gasteiger partial charge in [0.05, 0.1) is 6.04 Å². The number of carbonyl (C=O) groups excluding carboxylic acids is 1. The zero-order valence-electron chi connectivity index (χ0n) is 14.7. The number of anilines is 1. The molecule has 27 heavy (non-hydrogen) atoms. The number of urea groups is 1. The smallest absolute Gasteiger partial charge is 0.387 e. The molecule has 9 heteroatoms. The second kappa shape index (κ2) is 9.22. The molecule has 2 rings (SSSR count). The third kappa shape index (κ3) is 6.14. The molecule has 0 aliphatic heterocycles. The highest BCUT2D eigenvalue weighted by atomic mass is 19.3. The number of nitrogens with one attached hydrogen (secondary N) is 2. The van der Waals surface area contributed by atoms with Crippen LogP contribution in [0.15, 0.2) is 42.5 Å². The van der Waals surface area contributed by atoms with Gasteiger partial charge in [0.2, 0.25) is 0 Å². The van der Waals surface area contributed by atoms with E-state index in [1.165, 1.54) is 18.2 Å². The fourth-order valence-electron chi connectivity index (χ4n) is 2.45. The molecular formula is C18H19F4N3O2. The van der Waals surface area contributed by atoms with Crippen molar-refractivity contribution in [2.45, 2.75) is 12.7 Å². The molecule has 2 amide bonds. The number of benzene rings is 2. The second-order valence-corrected chi connectivity index (χ2v) is 5.89. The molecule has 1 unspecified atom stereocenters. The molecule has 0 bridgehead atoms. The van der Waals surface area contributed by atoms with Gasteiger partial charge in [0, 0.05) is 18.3 Å². The molecule has 0 aromatic heterocycles. The summed E-state index contributed by atoms with van der Waals surface area (Å²) in [6.45, 7) is -2.98.